The fourth-order valence-corrected chi connectivity index (χ4v) is 1.80. The van der Waals surface area contributed by atoms with E-state index in [0.717, 1.165) is 0 Å². The standard InChI is InChI=1S/C7H5F3O3/c8-7(9,10)3-1-2-4(3)6(12)13-5(2)11/h2-4H,1H2/t2-,3-,4-/m1/s1. The number of cyclic esters (lactones) is 2. The lowest BCUT2D eigenvalue weighted by atomic mass is 9.66. The van der Waals surface area contributed by atoms with Crippen molar-refractivity contribution in [2.45, 2.75) is 12.6 Å². The number of hydrogen-bond acceptors (Lipinski definition) is 3. The molecule has 0 N–H and O–H groups in total. The normalized spacial score (nSPS) is 38.2. The monoisotopic (exact) mass is 194 g/mol. The number of hydrogen-bond donors (Lipinski definition) is 0. The van der Waals surface area contributed by atoms with Gasteiger partial charge in [-0.1, -0.05) is 0 Å². The van der Waals surface area contributed by atoms with Crippen molar-refractivity contribution < 1.29 is 27.5 Å². The van der Waals surface area contributed by atoms with Gasteiger partial charge in [0.2, 0.25) is 0 Å². The van der Waals surface area contributed by atoms with Gasteiger partial charge >= 0.3 is 18.1 Å². The molecule has 0 spiro atoms. The fourth-order valence-electron chi connectivity index (χ4n) is 1.80. The third-order valence-electron chi connectivity index (χ3n) is 2.57. The molecule has 0 aromatic rings. The van der Waals surface area contributed by atoms with E-state index in [9.17, 15) is 22.8 Å². The van der Waals surface area contributed by atoms with Gasteiger partial charge in [-0.2, -0.15) is 13.2 Å². The minimum Gasteiger partial charge on any atom is -0.393 e. The molecule has 2 fully saturated rings. The molecule has 1 saturated carbocycles. The number of halogens is 3. The summed E-state index contributed by atoms with van der Waals surface area (Å²) in [4.78, 5) is 21.5. The lowest BCUT2D eigenvalue weighted by Gasteiger charge is -2.35. The van der Waals surface area contributed by atoms with Gasteiger partial charge in [-0.25, -0.2) is 0 Å². The maximum absolute atomic E-state index is 12.1. The average molecular weight is 194 g/mol. The van der Waals surface area contributed by atoms with Crippen LogP contribution in [0.25, 0.3) is 0 Å². The van der Waals surface area contributed by atoms with Gasteiger partial charge in [0, 0.05) is 0 Å². The van der Waals surface area contributed by atoms with Crippen molar-refractivity contribution >= 4 is 11.9 Å². The summed E-state index contributed by atoms with van der Waals surface area (Å²) >= 11 is 0. The summed E-state index contributed by atoms with van der Waals surface area (Å²) in [5.74, 6) is -5.64. The smallest absolute Gasteiger partial charge is 0.392 e. The van der Waals surface area contributed by atoms with E-state index in [2.05, 4.69) is 4.74 Å². The molecule has 1 aliphatic carbocycles. The molecule has 6 heteroatoms. The predicted molar refractivity (Wildman–Crippen MR) is 32.2 cm³/mol. The van der Waals surface area contributed by atoms with Crippen LogP contribution in [-0.2, 0) is 14.3 Å². The van der Waals surface area contributed by atoms with Crippen LogP contribution in [0.4, 0.5) is 13.2 Å². The SMILES string of the molecule is O=C1OC(=O)[C@@H]2C[C@@H](C(F)(F)F)[C@H]12. The molecule has 1 saturated heterocycles. The van der Waals surface area contributed by atoms with Crippen molar-refractivity contribution in [1.29, 1.82) is 0 Å². The molecule has 3 atom stereocenters. The third-order valence-corrected chi connectivity index (χ3v) is 2.57. The van der Waals surface area contributed by atoms with Gasteiger partial charge in [0.05, 0.1) is 17.8 Å². The Bertz CT molecular complexity index is 283. The number of esters is 2. The highest BCUT2D eigenvalue weighted by molar-refractivity contribution is 5.98. The predicted octanol–water partition coefficient (Wildman–Crippen LogP) is 0.884. The average Bonchev–Trinajstić information content (AvgIpc) is 1.95. The minimum absolute atomic E-state index is 0.307. The van der Waals surface area contributed by atoms with E-state index >= 15 is 0 Å². The van der Waals surface area contributed by atoms with Crippen LogP contribution in [0.15, 0.2) is 0 Å². The molecule has 2 rings (SSSR count). The van der Waals surface area contributed by atoms with Crippen LogP contribution in [0.2, 0.25) is 0 Å². The Kier molecular flexibility index (Phi) is 1.47. The molecule has 0 radical (unpaired) electrons. The maximum Gasteiger partial charge on any atom is 0.392 e. The Labute approximate surface area is 70.9 Å². The van der Waals surface area contributed by atoms with Gasteiger partial charge in [-0.3, -0.25) is 9.59 Å². The molecule has 2 aliphatic rings. The Balaban J connectivity index is 2.17. The van der Waals surface area contributed by atoms with Crippen LogP contribution in [0.3, 0.4) is 0 Å². The topological polar surface area (TPSA) is 43.4 Å². The summed E-state index contributed by atoms with van der Waals surface area (Å²) in [7, 11) is 0. The molecule has 0 bridgehead atoms. The summed E-state index contributed by atoms with van der Waals surface area (Å²) in [5, 5.41) is 0. The zero-order chi connectivity index (χ0) is 9.80. The fraction of sp³-hybridized carbons (Fsp3) is 0.714. The van der Waals surface area contributed by atoms with E-state index in [4.69, 9.17) is 0 Å². The van der Waals surface area contributed by atoms with E-state index < -0.39 is 35.9 Å². The highest BCUT2D eigenvalue weighted by Crippen LogP contribution is 2.53. The van der Waals surface area contributed by atoms with Gasteiger partial charge in [0.15, 0.2) is 0 Å². The first-order valence-electron chi connectivity index (χ1n) is 3.73. The number of fused-ring (bicyclic) bond motifs is 1. The van der Waals surface area contributed by atoms with E-state index in [0.29, 0.717) is 0 Å². The largest absolute Gasteiger partial charge is 0.393 e. The van der Waals surface area contributed by atoms with E-state index in [1.807, 2.05) is 0 Å². The van der Waals surface area contributed by atoms with Gasteiger partial charge in [-0.15, -0.1) is 0 Å². The van der Waals surface area contributed by atoms with Gasteiger partial charge in [-0.05, 0) is 6.42 Å². The molecular weight excluding hydrogens is 189 g/mol. The van der Waals surface area contributed by atoms with Gasteiger partial charge < -0.3 is 4.74 Å². The molecule has 1 heterocycles. The lowest BCUT2D eigenvalue weighted by molar-refractivity contribution is -0.221. The van der Waals surface area contributed by atoms with E-state index in [1.54, 1.807) is 0 Å². The van der Waals surface area contributed by atoms with Gasteiger partial charge in [0.25, 0.3) is 0 Å². The van der Waals surface area contributed by atoms with E-state index in [-0.39, 0.29) is 6.42 Å². The van der Waals surface area contributed by atoms with Crippen molar-refractivity contribution in [3.05, 3.63) is 0 Å². The summed E-state index contributed by atoms with van der Waals surface area (Å²) in [6.07, 6.45) is -4.70. The zero-order valence-corrected chi connectivity index (χ0v) is 6.30. The quantitative estimate of drug-likeness (QED) is 0.424. The summed E-state index contributed by atoms with van der Waals surface area (Å²) in [5.41, 5.74) is 0. The molecule has 1 aliphatic heterocycles. The van der Waals surface area contributed by atoms with Crippen LogP contribution in [0, 0.1) is 17.8 Å². The maximum atomic E-state index is 12.1. The minimum atomic E-state index is -4.40. The van der Waals surface area contributed by atoms with Crippen molar-refractivity contribution in [2.75, 3.05) is 0 Å². The molecule has 13 heavy (non-hydrogen) atoms. The first-order chi connectivity index (χ1) is 5.91. The van der Waals surface area contributed by atoms with Crippen LogP contribution < -0.4 is 0 Å². The Morgan fingerprint density at radius 1 is 1.23 bits per heavy atom. The van der Waals surface area contributed by atoms with Crippen molar-refractivity contribution in [3.63, 3.8) is 0 Å². The second kappa shape index (κ2) is 2.24. The van der Waals surface area contributed by atoms with Crippen molar-refractivity contribution in [1.82, 2.24) is 0 Å². The number of carbonyl (C=O) groups is 2. The Morgan fingerprint density at radius 3 is 2.31 bits per heavy atom. The molecule has 72 valence electrons. The number of carbonyl (C=O) groups excluding carboxylic acids is 2. The number of rotatable bonds is 0. The highest BCUT2D eigenvalue weighted by Gasteiger charge is 2.65. The number of ether oxygens (including phenoxy) is 1. The summed E-state index contributed by atoms with van der Waals surface area (Å²) < 4.78 is 40.5. The second-order valence-corrected chi connectivity index (χ2v) is 3.26. The molecule has 0 aromatic carbocycles. The second-order valence-electron chi connectivity index (χ2n) is 3.26. The van der Waals surface area contributed by atoms with Crippen LogP contribution in [0.5, 0.6) is 0 Å². The summed E-state index contributed by atoms with van der Waals surface area (Å²) in [6, 6.07) is 0. The summed E-state index contributed by atoms with van der Waals surface area (Å²) in [6.45, 7) is 0. The van der Waals surface area contributed by atoms with Gasteiger partial charge in [0.1, 0.15) is 0 Å². The Morgan fingerprint density at radius 2 is 1.85 bits per heavy atom. The molecule has 0 unspecified atom stereocenters. The van der Waals surface area contributed by atoms with Crippen LogP contribution in [-0.4, -0.2) is 18.1 Å². The lowest BCUT2D eigenvalue weighted by Crippen LogP contribution is -2.46. The Hall–Kier alpha value is -1.07. The molecule has 0 aromatic heterocycles. The number of alkyl halides is 3. The van der Waals surface area contributed by atoms with Crippen LogP contribution in [0.1, 0.15) is 6.42 Å². The first-order valence-corrected chi connectivity index (χ1v) is 3.73. The van der Waals surface area contributed by atoms with Crippen molar-refractivity contribution in [3.8, 4) is 0 Å². The van der Waals surface area contributed by atoms with E-state index in [1.165, 1.54) is 0 Å². The zero-order valence-electron chi connectivity index (χ0n) is 6.30. The molecule has 0 amide bonds. The molecule has 3 nitrogen and oxygen atoms in total. The van der Waals surface area contributed by atoms with Crippen LogP contribution >= 0.6 is 0 Å². The van der Waals surface area contributed by atoms with Crippen molar-refractivity contribution in [2.24, 2.45) is 17.8 Å². The first kappa shape index (κ1) is 8.52. The highest BCUT2D eigenvalue weighted by atomic mass is 19.4. The molecular formula is C7H5F3O3. The third kappa shape index (κ3) is 1.04.